The van der Waals surface area contributed by atoms with Gasteiger partial charge in [0.15, 0.2) is 11.2 Å². The third kappa shape index (κ3) is 2.42. The van der Waals surface area contributed by atoms with Crippen molar-refractivity contribution in [1.29, 1.82) is 0 Å². The van der Waals surface area contributed by atoms with Gasteiger partial charge in [-0.15, -0.1) is 0 Å². The molecule has 2 aromatic heterocycles. The van der Waals surface area contributed by atoms with Crippen molar-refractivity contribution in [3.05, 3.63) is 28.9 Å². The van der Waals surface area contributed by atoms with E-state index >= 15 is 0 Å². The fourth-order valence-corrected chi connectivity index (χ4v) is 2.98. The van der Waals surface area contributed by atoms with E-state index in [4.69, 9.17) is 10.2 Å². The summed E-state index contributed by atoms with van der Waals surface area (Å²) in [5.41, 5.74) is 7.40. The molecule has 1 aliphatic rings. The number of oxazole rings is 1. The monoisotopic (exact) mass is 261 g/mol. The van der Waals surface area contributed by atoms with Gasteiger partial charge < -0.3 is 10.2 Å². The normalized spacial score (nSPS) is 18.8. The van der Waals surface area contributed by atoms with Crippen LogP contribution in [-0.2, 0) is 6.54 Å². The van der Waals surface area contributed by atoms with E-state index in [0.29, 0.717) is 23.7 Å². The van der Waals surface area contributed by atoms with Crippen molar-refractivity contribution < 1.29 is 4.42 Å². The molecule has 1 fully saturated rings. The second-order valence-corrected chi connectivity index (χ2v) is 5.37. The molecule has 0 saturated heterocycles. The zero-order chi connectivity index (χ0) is 13.2. The van der Waals surface area contributed by atoms with Crippen LogP contribution in [0.4, 0.5) is 0 Å². The molecule has 1 atom stereocenters. The number of rotatable bonds is 3. The molecule has 5 nitrogen and oxygen atoms in total. The van der Waals surface area contributed by atoms with Crippen LogP contribution in [0.3, 0.4) is 0 Å². The Kier molecular flexibility index (Phi) is 3.38. The maximum atomic E-state index is 11.9. The average molecular weight is 261 g/mol. The molecule has 0 spiro atoms. The molecular weight excluding hydrogens is 242 g/mol. The SMILES string of the molecule is NC(Cn1c(=O)oc2cccnc21)C1CCCCC1. The van der Waals surface area contributed by atoms with E-state index in [2.05, 4.69) is 4.98 Å². The Labute approximate surface area is 111 Å². The minimum absolute atomic E-state index is 0.000746. The average Bonchev–Trinajstić information content (AvgIpc) is 2.76. The highest BCUT2D eigenvalue weighted by Crippen LogP contribution is 2.26. The maximum Gasteiger partial charge on any atom is 0.421 e. The second-order valence-electron chi connectivity index (χ2n) is 5.37. The van der Waals surface area contributed by atoms with Crippen LogP contribution in [-0.4, -0.2) is 15.6 Å². The minimum atomic E-state index is -0.361. The van der Waals surface area contributed by atoms with Crippen molar-refractivity contribution in [3.63, 3.8) is 0 Å². The van der Waals surface area contributed by atoms with E-state index in [-0.39, 0.29) is 11.8 Å². The van der Waals surface area contributed by atoms with Gasteiger partial charge in [-0.1, -0.05) is 19.3 Å². The van der Waals surface area contributed by atoms with Crippen LogP contribution in [0.5, 0.6) is 0 Å². The van der Waals surface area contributed by atoms with Crippen LogP contribution in [0.25, 0.3) is 11.2 Å². The molecule has 0 bridgehead atoms. The Morgan fingerprint density at radius 1 is 1.42 bits per heavy atom. The highest BCUT2D eigenvalue weighted by Gasteiger charge is 2.22. The summed E-state index contributed by atoms with van der Waals surface area (Å²) in [6, 6.07) is 3.52. The smallest absolute Gasteiger partial charge is 0.406 e. The van der Waals surface area contributed by atoms with Gasteiger partial charge in [0.1, 0.15) is 0 Å². The maximum absolute atomic E-state index is 11.9. The van der Waals surface area contributed by atoms with Gasteiger partial charge in [-0.25, -0.2) is 9.78 Å². The molecule has 2 aromatic rings. The molecule has 0 radical (unpaired) electrons. The minimum Gasteiger partial charge on any atom is -0.406 e. The number of nitrogens with two attached hydrogens (primary N) is 1. The fourth-order valence-electron chi connectivity index (χ4n) is 2.98. The molecule has 1 saturated carbocycles. The summed E-state index contributed by atoms with van der Waals surface area (Å²) in [6.07, 6.45) is 7.80. The van der Waals surface area contributed by atoms with Crippen molar-refractivity contribution in [2.45, 2.75) is 44.7 Å². The van der Waals surface area contributed by atoms with Gasteiger partial charge in [0, 0.05) is 18.8 Å². The van der Waals surface area contributed by atoms with E-state index in [1.807, 2.05) is 0 Å². The van der Waals surface area contributed by atoms with Crippen LogP contribution in [0.2, 0.25) is 0 Å². The van der Waals surface area contributed by atoms with Gasteiger partial charge >= 0.3 is 5.76 Å². The van der Waals surface area contributed by atoms with Crippen LogP contribution in [0.15, 0.2) is 27.5 Å². The summed E-state index contributed by atoms with van der Waals surface area (Å²) in [4.78, 5) is 16.1. The summed E-state index contributed by atoms with van der Waals surface area (Å²) < 4.78 is 6.74. The molecular formula is C14H19N3O2. The lowest BCUT2D eigenvalue weighted by atomic mass is 9.84. The molecule has 5 heteroatoms. The molecule has 0 aromatic carbocycles. The van der Waals surface area contributed by atoms with Gasteiger partial charge in [0.25, 0.3) is 0 Å². The Balaban J connectivity index is 1.84. The summed E-state index contributed by atoms with van der Waals surface area (Å²) in [5.74, 6) is 0.147. The van der Waals surface area contributed by atoms with Gasteiger partial charge in [0.05, 0.1) is 0 Å². The number of nitrogens with zero attached hydrogens (tertiary/aromatic N) is 2. The molecule has 1 aliphatic carbocycles. The van der Waals surface area contributed by atoms with Crippen molar-refractivity contribution in [3.8, 4) is 0 Å². The van der Waals surface area contributed by atoms with E-state index in [1.165, 1.54) is 32.1 Å². The van der Waals surface area contributed by atoms with Gasteiger partial charge in [-0.2, -0.15) is 0 Å². The zero-order valence-corrected chi connectivity index (χ0v) is 10.9. The molecule has 1 unspecified atom stereocenters. The molecule has 0 aliphatic heterocycles. The Hall–Kier alpha value is -1.62. The van der Waals surface area contributed by atoms with Gasteiger partial charge in [-0.05, 0) is 30.9 Å². The molecule has 0 amide bonds. The van der Waals surface area contributed by atoms with Crippen molar-refractivity contribution in [1.82, 2.24) is 9.55 Å². The molecule has 2 heterocycles. The Morgan fingerprint density at radius 3 is 3.00 bits per heavy atom. The zero-order valence-electron chi connectivity index (χ0n) is 10.9. The lowest BCUT2D eigenvalue weighted by molar-refractivity contribution is 0.282. The molecule has 3 rings (SSSR count). The lowest BCUT2D eigenvalue weighted by Crippen LogP contribution is -2.37. The predicted octanol–water partition coefficient (Wildman–Crippen LogP) is 1.90. The first-order valence-electron chi connectivity index (χ1n) is 6.95. The van der Waals surface area contributed by atoms with E-state index in [9.17, 15) is 4.79 Å². The number of pyridine rings is 1. The first kappa shape index (κ1) is 12.4. The van der Waals surface area contributed by atoms with Crippen LogP contribution in [0.1, 0.15) is 32.1 Å². The van der Waals surface area contributed by atoms with Gasteiger partial charge in [0.2, 0.25) is 0 Å². The molecule has 102 valence electrons. The van der Waals surface area contributed by atoms with Crippen molar-refractivity contribution >= 4 is 11.2 Å². The summed E-state index contributed by atoms with van der Waals surface area (Å²) in [6.45, 7) is 0.494. The van der Waals surface area contributed by atoms with Crippen LogP contribution in [0, 0.1) is 5.92 Å². The summed E-state index contributed by atoms with van der Waals surface area (Å²) in [7, 11) is 0. The first-order valence-corrected chi connectivity index (χ1v) is 6.95. The second kappa shape index (κ2) is 5.17. The van der Waals surface area contributed by atoms with Crippen molar-refractivity contribution in [2.75, 3.05) is 0 Å². The van der Waals surface area contributed by atoms with E-state index in [0.717, 1.165) is 0 Å². The third-order valence-corrected chi connectivity index (χ3v) is 4.07. The molecule has 19 heavy (non-hydrogen) atoms. The van der Waals surface area contributed by atoms with Gasteiger partial charge in [-0.3, -0.25) is 4.57 Å². The summed E-state index contributed by atoms with van der Waals surface area (Å²) >= 11 is 0. The van der Waals surface area contributed by atoms with Crippen LogP contribution >= 0.6 is 0 Å². The van der Waals surface area contributed by atoms with E-state index < -0.39 is 0 Å². The Bertz CT molecular complexity index is 610. The molecule has 2 N–H and O–H groups in total. The van der Waals surface area contributed by atoms with E-state index in [1.54, 1.807) is 22.9 Å². The highest BCUT2D eigenvalue weighted by molar-refractivity contribution is 5.67. The highest BCUT2D eigenvalue weighted by atomic mass is 16.4. The topological polar surface area (TPSA) is 74.0 Å². The lowest BCUT2D eigenvalue weighted by Gasteiger charge is -2.27. The Morgan fingerprint density at radius 2 is 2.21 bits per heavy atom. The predicted molar refractivity (Wildman–Crippen MR) is 72.8 cm³/mol. The standard InChI is InChI=1S/C14H19N3O2/c15-11(10-5-2-1-3-6-10)9-17-13-12(19-14(17)18)7-4-8-16-13/h4,7-8,10-11H,1-3,5-6,9,15H2. The number of aromatic nitrogens is 2. The largest absolute Gasteiger partial charge is 0.421 e. The quantitative estimate of drug-likeness (QED) is 0.915. The summed E-state index contributed by atoms with van der Waals surface area (Å²) in [5, 5.41) is 0. The number of hydrogen-bond acceptors (Lipinski definition) is 4. The van der Waals surface area contributed by atoms with Crippen LogP contribution < -0.4 is 11.5 Å². The third-order valence-electron chi connectivity index (χ3n) is 4.07. The van der Waals surface area contributed by atoms with Crippen molar-refractivity contribution in [2.24, 2.45) is 11.7 Å². The first-order chi connectivity index (χ1) is 9.25. The fraction of sp³-hybridized carbons (Fsp3) is 0.571. The number of fused-ring (bicyclic) bond motifs is 1. The number of hydrogen-bond donors (Lipinski definition) is 1.